The maximum absolute atomic E-state index is 12.2. The number of pyridine rings is 1. The zero-order valence-electron chi connectivity index (χ0n) is 19.8. The molecule has 1 N–H and O–H groups in total. The van der Waals surface area contributed by atoms with Crippen molar-refractivity contribution < 1.29 is 4.74 Å². The van der Waals surface area contributed by atoms with Gasteiger partial charge in [0, 0.05) is 74.9 Å². The number of hydrogen-bond donors (Lipinski definition) is 1. The predicted molar refractivity (Wildman–Crippen MR) is 132 cm³/mol. The minimum absolute atomic E-state index is 0.0370. The van der Waals surface area contributed by atoms with Gasteiger partial charge in [-0.15, -0.1) is 0 Å². The fourth-order valence-electron chi connectivity index (χ4n) is 5.25. The summed E-state index contributed by atoms with van der Waals surface area (Å²) in [5, 5.41) is 3.62. The highest BCUT2D eigenvalue weighted by atomic mass is 16.5. The van der Waals surface area contributed by atoms with Crippen LogP contribution in [0.2, 0.25) is 0 Å². The van der Waals surface area contributed by atoms with E-state index in [4.69, 9.17) is 9.72 Å². The number of ether oxygens (including phenoxy) is 1. The Morgan fingerprint density at radius 3 is 2.82 bits per heavy atom. The van der Waals surface area contributed by atoms with E-state index in [2.05, 4.69) is 40.9 Å². The first-order valence-corrected chi connectivity index (χ1v) is 12.3. The van der Waals surface area contributed by atoms with E-state index in [0.29, 0.717) is 18.6 Å². The Labute approximate surface area is 195 Å². The summed E-state index contributed by atoms with van der Waals surface area (Å²) < 4.78 is 9.71. The molecule has 2 aliphatic rings. The molecule has 0 aliphatic carbocycles. The molecule has 2 aliphatic heterocycles. The Hall–Kier alpha value is -2.64. The van der Waals surface area contributed by atoms with E-state index in [9.17, 15) is 4.79 Å². The molecular weight excluding hydrogens is 414 g/mol. The number of fused-ring (bicyclic) bond motifs is 3. The first-order chi connectivity index (χ1) is 16.1. The molecule has 33 heavy (non-hydrogen) atoms. The van der Waals surface area contributed by atoms with Gasteiger partial charge in [-0.25, -0.2) is 4.98 Å². The number of aromatic nitrogens is 3. The van der Waals surface area contributed by atoms with Gasteiger partial charge >= 0.3 is 0 Å². The van der Waals surface area contributed by atoms with Crippen LogP contribution in [0.5, 0.6) is 0 Å². The number of nitrogens with one attached hydrogen (secondary N) is 1. The fraction of sp³-hybridized carbons (Fsp3) is 0.538. The smallest absolute Gasteiger partial charge is 0.250 e. The van der Waals surface area contributed by atoms with Gasteiger partial charge in [-0.3, -0.25) is 4.79 Å². The Balaban J connectivity index is 1.44. The average Bonchev–Trinajstić information content (AvgIpc) is 3.20. The van der Waals surface area contributed by atoms with Crippen LogP contribution in [-0.2, 0) is 30.7 Å². The van der Waals surface area contributed by atoms with Crippen LogP contribution < -0.4 is 10.9 Å². The number of nitrogens with zero attached hydrogens (tertiary/aromatic N) is 4. The van der Waals surface area contributed by atoms with Gasteiger partial charge in [0.05, 0.1) is 11.0 Å². The summed E-state index contributed by atoms with van der Waals surface area (Å²) in [7, 11) is 2.23. The summed E-state index contributed by atoms with van der Waals surface area (Å²) in [5.74, 6) is 1.06. The van der Waals surface area contributed by atoms with Gasteiger partial charge < -0.3 is 24.1 Å². The third-order valence-corrected chi connectivity index (χ3v) is 7.30. The minimum atomic E-state index is 0.0370. The fourth-order valence-corrected chi connectivity index (χ4v) is 5.25. The van der Waals surface area contributed by atoms with Crippen molar-refractivity contribution in [3.63, 3.8) is 0 Å². The molecule has 1 aromatic carbocycles. The third-order valence-electron chi connectivity index (χ3n) is 7.30. The van der Waals surface area contributed by atoms with Crippen LogP contribution >= 0.6 is 0 Å². The second-order valence-corrected chi connectivity index (χ2v) is 9.53. The Morgan fingerprint density at radius 1 is 1.15 bits per heavy atom. The monoisotopic (exact) mass is 449 g/mol. The second-order valence-electron chi connectivity index (χ2n) is 9.53. The summed E-state index contributed by atoms with van der Waals surface area (Å²) in [6.45, 7) is 6.46. The standard InChI is InChI=1S/C26H35N5O2/c1-19-6-7-21-22(27-19)8-9-23-26(21)28-24(10-14-30-13-4-3-5-25(30)32)31(23)16-15-29(2)20-11-17-33-18-12-20/h3-5,8-9,13,19-20,27H,6-7,10-12,14-18H2,1-2H3/t19-/m0/s1. The summed E-state index contributed by atoms with van der Waals surface area (Å²) in [6, 6.07) is 10.8. The van der Waals surface area contributed by atoms with Crippen LogP contribution in [0, 0.1) is 0 Å². The zero-order valence-corrected chi connectivity index (χ0v) is 19.8. The second kappa shape index (κ2) is 9.69. The molecule has 0 saturated carbocycles. The molecule has 7 nitrogen and oxygen atoms in total. The molecule has 0 bridgehead atoms. The maximum atomic E-state index is 12.2. The first kappa shape index (κ1) is 22.2. The molecule has 1 fully saturated rings. The van der Waals surface area contributed by atoms with Gasteiger partial charge in [0.1, 0.15) is 5.82 Å². The van der Waals surface area contributed by atoms with E-state index in [1.54, 1.807) is 16.7 Å². The molecule has 0 amide bonds. The van der Waals surface area contributed by atoms with Crippen LogP contribution in [-0.4, -0.2) is 57.9 Å². The number of rotatable bonds is 7. The van der Waals surface area contributed by atoms with Crippen molar-refractivity contribution in [3.8, 4) is 0 Å². The lowest BCUT2D eigenvalue weighted by molar-refractivity contribution is 0.0421. The van der Waals surface area contributed by atoms with Crippen molar-refractivity contribution in [1.82, 2.24) is 19.0 Å². The van der Waals surface area contributed by atoms with Crippen LogP contribution in [0.4, 0.5) is 5.69 Å². The van der Waals surface area contributed by atoms with Crippen molar-refractivity contribution >= 4 is 16.7 Å². The highest BCUT2D eigenvalue weighted by Gasteiger charge is 2.22. The first-order valence-electron chi connectivity index (χ1n) is 12.3. The highest BCUT2D eigenvalue weighted by molar-refractivity contribution is 5.86. The topological polar surface area (TPSA) is 64.3 Å². The molecule has 0 spiro atoms. The predicted octanol–water partition coefficient (Wildman–Crippen LogP) is 3.30. The van der Waals surface area contributed by atoms with Crippen LogP contribution in [0.3, 0.4) is 0 Å². The number of imidazole rings is 1. The number of anilines is 1. The normalized spacial score (nSPS) is 19.1. The molecule has 3 aromatic rings. The van der Waals surface area contributed by atoms with Crippen molar-refractivity contribution in [2.75, 3.05) is 32.1 Å². The number of likely N-dealkylation sites (N-methyl/N-ethyl adjacent to an activating group) is 1. The van der Waals surface area contributed by atoms with Crippen molar-refractivity contribution in [1.29, 1.82) is 0 Å². The number of hydrogen-bond acceptors (Lipinski definition) is 5. The van der Waals surface area contributed by atoms with E-state index >= 15 is 0 Å². The average molecular weight is 450 g/mol. The van der Waals surface area contributed by atoms with Gasteiger partial charge in [-0.1, -0.05) is 6.07 Å². The molecule has 0 unspecified atom stereocenters. The van der Waals surface area contributed by atoms with E-state index < -0.39 is 0 Å². The summed E-state index contributed by atoms with van der Waals surface area (Å²) in [6.07, 6.45) is 6.97. The molecule has 1 saturated heterocycles. The van der Waals surface area contributed by atoms with Gasteiger partial charge in [-0.2, -0.15) is 0 Å². The lowest BCUT2D eigenvalue weighted by Gasteiger charge is -2.31. The van der Waals surface area contributed by atoms with E-state index in [1.165, 1.54) is 16.8 Å². The summed E-state index contributed by atoms with van der Waals surface area (Å²) in [4.78, 5) is 19.8. The molecule has 7 heteroatoms. The lowest BCUT2D eigenvalue weighted by Crippen LogP contribution is -2.38. The molecule has 2 aromatic heterocycles. The Morgan fingerprint density at radius 2 is 2.00 bits per heavy atom. The zero-order chi connectivity index (χ0) is 22.8. The summed E-state index contributed by atoms with van der Waals surface area (Å²) in [5.41, 5.74) is 4.92. The van der Waals surface area contributed by atoms with E-state index in [1.807, 2.05) is 12.3 Å². The van der Waals surface area contributed by atoms with Crippen LogP contribution in [0.25, 0.3) is 11.0 Å². The molecule has 4 heterocycles. The number of aryl methyl sites for hydroxylation is 3. The summed E-state index contributed by atoms with van der Waals surface area (Å²) >= 11 is 0. The van der Waals surface area contributed by atoms with Gasteiger partial charge in [0.2, 0.25) is 0 Å². The van der Waals surface area contributed by atoms with Crippen molar-refractivity contribution in [3.05, 3.63) is 58.3 Å². The van der Waals surface area contributed by atoms with Crippen LogP contribution in [0.15, 0.2) is 41.3 Å². The van der Waals surface area contributed by atoms with Crippen molar-refractivity contribution in [2.45, 2.75) is 64.2 Å². The van der Waals surface area contributed by atoms with Crippen molar-refractivity contribution in [2.24, 2.45) is 0 Å². The van der Waals surface area contributed by atoms with Gasteiger partial charge in [0.15, 0.2) is 0 Å². The Kier molecular flexibility index (Phi) is 6.51. The maximum Gasteiger partial charge on any atom is 0.250 e. The van der Waals surface area contributed by atoms with Gasteiger partial charge in [-0.05, 0) is 57.9 Å². The van der Waals surface area contributed by atoms with E-state index in [0.717, 1.165) is 69.7 Å². The van der Waals surface area contributed by atoms with Crippen LogP contribution in [0.1, 0.15) is 37.6 Å². The minimum Gasteiger partial charge on any atom is -0.382 e. The molecule has 1 atom stereocenters. The number of benzene rings is 1. The highest BCUT2D eigenvalue weighted by Crippen LogP contribution is 2.32. The molecular formula is C26H35N5O2. The van der Waals surface area contributed by atoms with E-state index in [-0.39, 0.29) is 5.56 Å². The lowest BCUT2D eigenvalue weighted by atomic mass is 9.98. The Bertz CT molecular complexity index is 1160. The molecule has 5 rings (SSSR count). The SMILES string of the molecule is C[C@H]1CCc2c(ccc3c2nc(CCn2ccccc2=O)n3CCN(C)C2CCOCC2)N1. The molecule has 176 valence electrons. The quantitative estimate of drug-likeness (QED) is 0.600. The largest absolute Gasteiger partial charge is 0.382 e. The third kappa shape index (κ3) is 4.70. The molecule has 0 radical (unpaired) electrons. The van der Waals surface area contributed by atoms with Gasteiger partial charge in [0.25, 0.3) is 5.56 Å².